The first-order valence-electron chi connectivity index (χ1n) is 5.06. The Labute approximate surface area is 106 Å². The highest BCUT2D eigenvalue weighted by molar-refractivity contribution is 7.98. The Bertz CT molecular complexity index is 624. The standard InChI is InChI=1S/C11H8ClN3OS/c12-6-1-2-8(13-3-6)10-14-9-5-17-4-7(9)11(16)15-10/h1-3H,4-5H2,(H,14,15,16). The van der Waals surface area contributed by atoms with E-state index in [1.807, 2.05) is 0 Å². The second-order valence-corrected chi connectivity index (χ2v) is 5.12. The summed E-state index contributed by atoms with van der Waals surface area (Å²) in [6, 6.07) is 3.47. The van der Waals surface area contributed by atoms with Crippen molar-refractivity contribution in [3.05, 3.63) is 45.0 Å². The van der Waals surface area contributed by atoms with E-state index in [0.717, 1.165) is 22.8 Å². The number of nitrogens with zero attached hydrogens (tertiary/aromatic N) is 2. The summed E-state index contributed by atoms with van der Waals surface area (Å²) in [5.74, 6) is 2.04. The van der Waals surface area contributed by atoms with Gasteiger partial charge in [-0.1, -0.05) is 11.6 Å². The van der Waals surface area contributed by atoms with Gasteiger partial charge >= 0.3 is 0 Å². The molecule has 1 aliphatic rings. The molecule has 0 amide bonds. The van der Waals surface area contributed by atoms with Gasteiger partial charge in [-0.2, -0.15) is 11.8 Å². The number of aromatic amines is 1. The van der Waals surface area contributed by atoms with Crippen LogP contribution in [0.25, 0.3) is 11.5 Å². The van der Waals surface area contributed by atoms with Crippen LogP contribution in [0, 0.1) is 0 Å². The van der Waals surface area contributed by atoms with Gasteiger partial charge in [0, 0.05) is 23.3 Å². The number of halogens is 1. The minimum absolute atomic E-state index is 0.0632. The van der Waals surface area contributed by atoms with Crippen molar-refractivity contribution in [1.82, 2.24) is 15.0 Å². The predicted octanol–water partition coefficient (Wildman–Crippen LogP) is 2.23. The van der Waals surface area contributed by atoms with Crippen molar-refractivity contribution in [2.24, 2.45) is 0 Å². The summed E-state index contributed by atoms with van der Waals surface area (Å²) in [6.45, 7) is 0. The van der Waals surface area contributed by atoms with Gasteiger partial charge in [-0.05, 0) is 12.1 Å². The molecule has 17 heavy (non-hydrogen) atoms. The number of rotatable bonds is 1. The Morgan fingerprint density at radius 1 is 1.35 bits per heavy atom. The summed E-state index contributed by atoms with van der Waals surface area (Å²) < 4.78 is 0. The van der Waals surface area contributed by atoms with E-state index < -0.39 is 0 Å². The molecule has 6 heteroatoms. The molecule has 0 saturated heterocycles. The highest BCUT2D eigenvalue weighted by atomic mass is 35.5. The van der Waals surface area contributed by atoms with Crippen LogP contribution < -0.4 is 5.56 Å². The van der Waals surface area contributed by atoms with Crippen molar-refractivity contribution in [2.45, 2.75) is 11.5 Å². The van der Waals surface area contributed by atoms with Crippen LogP contribution in [0.3, 0.4) is 0 Å². The molecular weight excluding hydrogens is 258 g/mol. The highest BCUT2D eigenvalue weighted by Crippen LogP contribution is 2.26. The van der Waals surface area contributed by atoms with Crippen molar-refractivity contribution < 1.29 is 0 Å². The number of fused-ring (bicyclic) bond motifs is 1. The van der Waals surface area contributed by atoms with E-state index in [2.05, 4.69) is 15.0 Å². The SMILES string of the molecule is O=c1[nH]c(-c2ccc(Cl)cn2)nc2c1CSC2. The molecule has 3 heterocycles. The molecule has 2 aromatic heterocycles. The van der Waals surface area contributed by atoms with E-state index in [1.165, 1.54) is 0 Å². The van der Waals surface area contributed by atoms with E-state index in [4.69, 9.17) is 11.6 Å². The lowest BCUT2D eigenvalue weighted by atomic mass is 10.2. The van der Waals surface area contributed by atoms with Crippen molar-refractivity contribution in [3.8, 4) is 11.5 Å². The van der Waals surface area contributed by atoms with Crippen LogP contribution in [0.5, 0.6) is 0 Å². The first-order chi connectivity index (χ1) is 8.24. The Hall–Kier alpha value is -1.33. The van der Waals surface area contributed by atoms with E-state index in [0.29, 0.717) is 16.5 Å². The molecule has 0 aromatic carbocycles. The fraction of sp³-hybridized carbons (Fsp3) is 0.182. The molecular formula is C11H8ClN3OS. The summed E-state index contributed by atoms with van der Waals surface area (Å²) in [6.07, 6.45) is 1.54. The van der Waals surface area contributed by atoms with Crippen LogP contribution in [-0.2, 0) is 11.5 Å². The summed E-state index contributed by atoms with van der Waals surface area (Å²) in [5, 5.41) is 0.563. The van der Waals surface area contributed by atoms with Crippen LogP contribution >= 0.6 is 23.4 Å². The smallest absolute Gasteiger partial charge is 0.255 e. The zero-order valence-electron chi connectivity index (χ0n) is 8.74. The highest BCUT2D eigenvalue weighted by Gasteiger charge is 2.18. The number of aromatic nitrogens is 3. The molecule has 4 nitrogen and oxygen atoms in total. The first kappa shape index (κ1) is 10.8. The topological polar surface area (TPSA) is 58.6 Å². The molecule has 0 atom stereocenters. The Morgan fingerprint density at radius 2 is 2.24 bits per heavy atom. The van der Waals surface area contributed by atoms with Crippen LogP contribution in [-0.4, -0.2) is 15.0 Å². The van der Waals surface area contributed by atoms with E-state index in [9.17, 15) is 4.79 Å². The number of hydrogen-bond donors (Lipinski definition) is 1. The van der Waals surface area contributed by atoms with Gasteiger partial charge in [0.2, 0.25) is 0 Å². The Morgan fingerprint density at radius 3 is 3.00 bits per heavy atom. The molecule has 86 valence electrons. The molecule has 0 saturated carbocycles. The Balaban J connectivity index is 2.13. The maximum absolute atomic E-state index is 11.8. The van der Waals surface area contributed by atoms with Gasteiger partial charge < -0.3 is 4.98 Å². The number of pyridine rings is 1. The Kier molecular flexibility index (Phi) is 2.64. The van der Waals surface area contributed by atoms with E-state index >= 15 is 0 Å². The maximum atomic E-state index is 11.8. The summed E-state index contributed by atoms with van der Waals surface area (Å²) in [7, 11) is 0. The molecule has 0 spiro atoms. The number of nitrogens with one attached hydrogen (secondary N) is 1. The van der Waals surface area contributed by atoms with Crippen molar-refractivity contribution in [1.29, 1.82) is 0 Å². The fourth-order valence-corrected chi connectivity index (χ4v) is 2.85. The lowest BCUT2D eigenvalue weighted by Crippen LogP contribution is -2.15. The minimum atomic E-state index is -0.0632. The van der Waals surface area contributed by atoms with Crippen LogP contribution in [0.2, 0.25) is 5.02 Å². The van der Waals surface area contributed by atoms with E-state index in [1.54, 1.807) is 30.1 Å². The second-order valence-electron chi connectivity index (χ2n) is 3.69. The average Bonchev–Trinajstić information content (AvgIpc) is 2.78. The molecule has 0 bridgehead atoms. The second kappa shape index (κ2) is 4.16. The summed E-state index contributed by atoms with van der Waals surface area (Å²) >= 11 is 7.47. The molecule has 0 aliphatic carbocycles. The molecule has 3 rings (SSSR count). The van der Waals surface area contributed by atoms with Crippen molar-refractivity contribution >= 4 is 23.4 Å². The monoisotopic (exact) mass is 265 g/mol. The molecule has 0 fully saturated rings. The number of thioether (sulfide) groups is 1. The molecule has 1 aliphatic heterocycles. The summed E-state index contributed by atoms with van der Waals surface area (Å²) in [5.41, 5.74) is 2.22. The fourth-order valence-electron chi connectivity index (χ4n) is 1.70. The molecule has 0 unspecified atom stereocenters. The first-order valence-corrected chi connectivity index (χ1v) is 6.59. The maximum Gasteiger partial charge on any atom is 0.255 e. The van der Waals surface area contributed by atoms with Crippen LogP contribution in [0.1, 0.15) is 11.3 Å². The van der Waals surface area contributed by atoms with Crippen molar-refractivity contribution in [2.75, 3.05) is 0 Å². The third-order valence-corrected chi connectivity index (χ3v) is 3.75. The largest absolute Gasteiger partial charge is 0.305 e. The zero-order valence-corrected chi connectivity index (χ0v) is 10.3. The summed E-state index contributed by atoms with van der Waals surface area (Å²) in [4.78, 5) is 23.1. The van der Waals surface area contributed by atoms with E-state index in [-0.39, 0.29) is 5.56 Å². The molecule has 0 radical (unpaired) electrons. The van der Waals surface area contributed by atoms with Crippen molar-refractivity contribution in [3.63, 3.8) is 0 Å². The third kappa shape index (κ3) is 1.96. The zero-order chi connectivity index (χ0) is 11.8. The van der Waals surface area contributed by atoms with Gasteiger partial charge in [-0.25, -0.2) is 4.98 Å². The molecule has 2 aromatic rings. The van der Waals surface area contributed by atoms with Crippen LogP contribution in [0.15, 0.2) is 23.1 Å². The van der Waals surface area contributed by atoms with Gasteiger partial charge in [0.25, 0.3) is 5.56 Å². The average molecular weight is 266 g/mol. The van der Waals surface area contributed by atoms with Gasteiger partial charge in [0.15, 0.2) is 5.82 Å². The lowest BCUT2D eigenvalue weighted by molar-refractivity contribution is 1.02. The van der Waals surface area contributed by atoms with Crippen LogP contribution in [0.4, 0.5) is 0 Å². The van der Waals surface area contributed by atoms with Gasteiger partial charge in [-0.15, -0.1) is 0 Å². The third-order valence-electron chi connectivity index (χ3n) is 2.56. The molecule has 1 N–H and O–H groups in total. The quantitative estimate of drug-likeness (QED) is 0.859. The predicted molar refractivity (Wildman–Crippen MR) is 68.1 cm³/mol. The van der Waals surface area contributed by atoms with Gasteiger partial charge in [0.05, 0.1) is 10.7 Å². The lowest BCUT2D eigenvalue weighted by Gasteiger charge is -2.02. The van der Waals surface area contributed by atoms with Gasteiger partial charge in [0.1, 0.15) is 5.69 Å². The minimum Gasteiger partial charge on any atom is -0.305 e. The number of H-pyrrole nitrogens is 1. The van der Waals surface area contributed by atoms with Gasteiger partial charge in [-0.3, -0.25) is 9.78 Å². The number of hydrogen-bond acceptors (Lipinski definition) is 4. The normalized spacial score (nSPS) is 13.7.